The fourth-order valence-electron chi connectivity index (χ4n) is 1.69. The molecule has 0 saturated carbocycles. The molecule has 18 heavy (non-hydrogen) atoms. The lowest BCUT2D eigenvalue weighted by atomic mass is 10.0. The summed E-state index contributed by atoms with van der Waals surface area (Å²) in [6, 6.07) is 15.0. The minimum atomic E-state index is -0.773. The van der Waals surface area contributed by atoms with Crippen molar-refractivity contribution in [3.8, 4) is 11.8 Å². The maximum atomic E-state index is 10.0. The molecule has 2 aromatic carbocycles. The van der Waals surface area contributed by atoms with Crippen LogP contribution in [0.4, 0.5) is 0 Å². The zero-order valence-electron chi connectivity index (χ0n) is 10.0. The molecular formula is C16H13ClO. The second kappa shape index (κ2) is 5.73. The van der Waals surface area contributed by atoms with E-state index in [4.69, 9.17) is 11.6 Å². The van der Waals surface area contributed by atoms with Crippen LogP contribution in [0.3, 0.4) is 0 Å². The van der Waals surface area contributed by atoms with Crippen molar-refractivity contribution in [3.05, 3.63) is 70.2 Å². The average molecular weight is 257 g/mol. The van der Waals surface area contributed by atoms with Gasteiger partial charge in [-0.15, -0.1) is 0 Å². The lowest BCUT2D eigenvalue weighted by Gasteiger charge is -2.06. The molecule has 0 saturated heterocycles. The normalized spacial score (nSPS) is 11.5. The molecule has 0 amide bonds. The Bertz CT molecular complexity index is 608. The molecule has 0 bridgehead atoms. The fraction of sp³-hybridized carbons (Fsp3) is 0.125. The first-order chi connectivity index (χ1) is 8.66. The van der Waals surface area contributed by atoms with Crippen LogP contribution < -0.4 is 0 Å². The molecule has 2 heteroatoms. The van der Waals surface area contributed by atoms with Gasteiger partial charge in [0.15, 0.2) is 0 Å². The van der Waals surface area contributed by atoms with E-state index in [2.05, 4.69) is 11.8 Å². The fourth-order valence-corrected chi connectivity index (χ4v) is 1.88. The largest absolute Gasteiger partial charge is 0.376 e. The Kier molecular flexibility index (Phi) is 4.04. The van der Waals surface area contributed by atoms with Crippen LogP contribution in [0, 0.1) is 18.8 Å². The molecule has 0 aliphatic carbocycles. The van der Waals surface area contributed by atoms with Gasteiger partial charge in [-0.3, -0.25) is 0 Å². The lowest BCUT2D eigenvalue weighted by Crippen LogP contribution is -1.96. The van der Waals surface area contributed by atoms with Crippen molar-refractivity contribution >= 4 is 11.6 Å². The van der Waals surface area contributed by atoms with Gasteiger partial charge in [-0.25, -0.2) is 0 Å². The molecule has 1 unspecified atom stereocenters. The van der Waals surface area contributed by atoms with Gasteiger partial charge in [-0.1, -0.05) is 53.8 Å². The van der Waals surface area contributed by atoms with Crippen molar-refractivity contribution in [1.29, 1.82) is 0 Å². The summed E-state index contributed by atoms with van der Waals surface area (Å²) >= 11 is 5.87. The van der Waals surface area contributed by atoms with E-state index in [1.54, 1.807) is 12.1 Å². The van der Waals surface area contributed by atoms with Crippen LogP contribution in [0.15, 0.2) is 48.5 Å². The molecule has 0 spiro atoms. The standard InChI is InChI=1S/C16H13ClO/c1-12-5-2-3-8-15(12)16(18)10-9-13-6-4-7-14(17)11-13/h2-8,11,16,18H,1H3. The zero-order chi connectivity index (χ0) is 13.0. The molecule has 1 N–H and O–H groups in total. The average Bonchev–Trinajstić information content (AvgIpc) is 2.37. The Balaban J connectivity index is 2.23. The molecule has 2 rings (SSSR count). The van der Waals surface area contributed by atoms with E-state index in [1.807, 2.05) is 43.3 Å². The van der Waals surface area contributed by atoms with Crippen molar-refractivity contribution in [2.45, 2.75) is 13.0 Å². The third-order valence-electron chi connectivity index (χ3n) is 2.66. The first-order valence-electron chi connectivity index (χ1n) is 5.67. The van der Waals surface area contributed by atoms with Crippen LogP contribution in [0.5, 0.6) is 0 Å². The van der Waals surface area contributed by atoms with E-state index in [-0.39, 0.29) is 0 Å². The van der Waals surface area contributed by atoms with Gasteiger partial charge < -0.3 is 5.11 Å². The Morgan fingerprint density at radius 2 is 1.89 bits per heavy atom. The molecule has 90 valence electrons. The molecule has 0 aliphatic rings. The third kappa shape index (κ3) is 3.13. The lowest BCUT2D eigenvalue weighted by molar-refractivity contribution is 0.237. The molecule has 1 nitrogen and oxygen atoms in total. The van der Waals surface area contributed by atoms with E-state index in [0.717, 1.165) is 16.7 Å². The monoisotopic (exact) mass is 256 g/mol. The predicted octanol–water partition coefficient (Wildman–Crippen LogP) is 3.73. The summed E-state index contributed by atoms with van der Waals surface area (Å²) in [4.78, 5) is 0. The van der Waals surface area contributed by atoms with Crippen LogP contribution in [0.25, 0.3) is 0 Å². The van der Waals surface area contributed by atoms with Gasteiger partial charge in [0.2, 0.25) is 0 Å². The summed E-state index contributed by atoms with van der Waals surface area (Å²) in [6.45, 7) is 1.96. The summed E-state index contributed by atoms with van der Waals surface area (Å²) < 4.78 is 0. The van der Waals surface area contributed by atoms with Gasteiger partial charge in [-0.2, -0.15) is 0 Å². The minimum absolute atomic E-state index is 0.646. The smallest absolute Gasteiger partial charge is 0.140 e. The highest BCUT2D eigenvalue weighted by atomic mass is 35.5. The molecule has 0 radical (unpaired) electrons. The second-order valence-electron chi connectivity index (χ2n) is 4.04. The summed E-state index contributed by atoms with van der Waals surface area (Å²) in [7, 11) is 0. The van der Waals surface area contributed by atoms with Crippen LogP contribution >= 0.6 is 11.6 Å². The number of aliphatic hydroxyl groups is 1. The molecule has 0 aliphatic heterocycles. The van der Waals surface area contributed by atoms with Crippen LogP contribution in [-0.4, -0.2) is 5.11 Å². The summed E-state index contributed by atoms with van der Waals surface area (Å²) in [5.74, 6) is 5.76. The molecule has 0 fully saturated rings. The zero-order valence-corrected chi connectivity index (χ0v) is 10.8. The van der Waals surface area contributed by atoms with E-state index in [9.17, 15) is 5.11 Å². The van der Waals surface area contributed by atoms with Crippen LogP contribution in [0.2, 0.25) is 5.02 Å². The van der Waals surface area contributed by atoms with Gasteiger partial charge in [0.1, 0.15) is 6.10 Å². The van der Waals surface area contributed by atoms with Crippen molar-refractivity contribution in [1.82, 2.24) is 0 Å². The summed E-state index contributed by atoms with van der Waals surface area (Å²) in [6.07, 6.45) is -0.773. The van der Waals surface area contributed by atoms with E-state index < -0.39 is 6.10 Å². The van der Waals surface area contributed by atoms with Gasteiger partial charge in [0.25, 0.3) is 0 Å². The Hall–Kier alpha value is -1.75. The van der Waals surface area contributed by atoms with Gasteiger partial charge >= 0.3 is 0 Å². The number of aryl methyl sites for hydroxylation is 1. The van der Waals surface area contributed by atoms with Crippen LogP contribution in [0.1, 0.15) is 22.8 Å². The maximum absolute atomic E-state index is 10.0. The molecule has 0 aromatic heterocycles. The maximum Gasteiger partial charge on any atom is 0.140 e. The van der Waals surface area contributed by atoms with Crippen LogP contribution in [-0.2, 0) is 0 Å². The highest BCUT2D eigenvalue weighted by Crippen LogP contribution is 2.16. The molecule has 1 atom stereocenters. The quantitative estimate of drug-likeness (QED) is 0.771. The number of hydrogen-bond donors (Lipinski definition) is 1. The summed E-state index contributed by atoms with van der Waals surface area (Å²) in [5.41, 5.74) is 2.67. The highest BCUT2D eigenvalue weighted by Gasteiger charge is 2.05. The topological polar surface area (TPSA) is 20.2 Å². The number of rotatable bonds is 1. The van der Waals surface area contributed by atoms with Gasteiger partial charge in [0.05, 0.1) is 0 Å². The van der Waals surface area contributed by atoms with E-state index >= 15 is 0 Å². The van der Waals surface area contributed by atoms with Crippen molar-refractivity contribution in [2.24, 2.45) is 0 Å². The Labute approximate surface area is 112 Å². The molecule has 0 heterocycles. The SMILES string of the molecule is Cc1ccccc1C(O)C#Cc1cccc(Cl)c1. The minimum Gasteiger partial charge on any atom is -0.376 e. The van der Waals surface area contributed by atoms with Crippen molar-refractivity contribution in [3.63, 3.8) is 0 Å². The van der Waals surface area contributed by atoms with Crippen molar-refractivity contribution in [2.75, 3.05) is 0 Å². The number of hydrogen-bond acceptors (Lipinski definition) is 1. The Morgan fingerprint density at radius 1 is 1.11 bits per heavy atom. The first kappa shape index (κ1) is 12.7. The number of benzene rings is 2. The van der Waals surface area contributed by atoms with Gasteiger partial charge in [0, 0.05) is 10.6 Å². The second-order valence-corrected chi connectivity index (χ2v) is 4.48. The number of halogens is 1. The molecular weight excluding hydrogens is 244 g/mol. The first-order valence-corrected chi connectivity index (χ1v) is 6.05. The number of aliphatic hydroxyl groups excluding tert-OH is 1. The highest BCUT2D eigenvalue weighted by molar-refractivity contribution is 6.30. The van der Waals surface area contributed by atoms with E-state index in [0.29, 0.717) is 5.02 Å². The third-order valence-corrected chi connectivity index (χ3v) is 2.90. The molecule has 2 aromatic rings. The van der Waals surface area contributed by atoms with Crippen molar-refractivity contribution < 1.29 is 5.11 Å². The Morgan fingerprint density at radius 3 is 2.61 bits per heavy atom. The van der Waals surface area contributed by atoms with Gasteiger partial charge in [-0.05, 0) is 36.2 Å². The predicted molar refractivity (Wildman–Crippen MR) is 74.5 cm³/mol. The van der Waals surface area contributed by atoms with E-state index in [1.165, 1.54) is 0 Å². The summed E-state index contributed by atoms with van der Waals surface area (Å²) in [5, 5.41) is 10.7.